The van der Waals surface area contributed by atoms with Crippen molar-refractivity contribution in [3.63, 3.8) is 0 Å². The van der Waals surface area contributed by atoms with Crippen LogP contribution in [0.25, 0.3) is 22.6 Å². The van der Waals surface area contributed by atoms with Gasteiger partial charge in [-0.05, 0) is 83.8 Å². The highest BCUT2D eigenvalue weighted by Gasteiger charge is 2.25. The number of carbonyl (C=O) groups excluding carboxylic acids is 1. The molecule has 12 nitrogen and oxygen atoms in total. The van der Waals surface area contributed by atoms with Crippen LogP contribution in [0.15, 0.2) is 77.3 Å². The molecule has 1 aliphatic heterocycles. The predicted octanol–water partition coefficient (Wildman–Crippen LogP) is 5.00. The van der Waals surface area contributed by atoms with Gasteiger partial charge in [-0.15, -0.1) is 0 Å². The van der Waals surface area contributed by atoms with Gasteiger partial charge in [-0.25, -0.2) is 0 Å². The van der Waals surface area contributed by atoms with Crippen molar-refractivity contribution in [2.75, 3.05) is 25.6 Å². The SMILES string of the molecule is COc1ccc(-c2cc(-c3cc(CO)c(CO)c(CO)c3)no2)cc1OCCCOc1ccc(C2NC(=O)c3cc(C)ccc3N2)cc1CO. The second-order valence-corrected chi connectivity index (χ2v) is 11.9. The quantitative estimate of drug-likeness (QED) is 0.0871. The Labute approximate surface area is 288 Å². The number of fused-ring (bicyclic) bond motifs is 1. The maximum atomic E-state index is 12.7. The average molecular weight is 682 g/mol. The number of benzene rings is 4. The lowest BCUT2D eigenvalue weighted by Crippen LogP contribution is -2.38. The first-order valence-corrected chi connectivity index (χ1v) is 16.2. The van der Waals surface area contributed by atoms with E-state index in [2.05, 4.69) is 15.8 Å². The number of hydrogen-bond acceptors (Lipinski definition) is 11. The van der Waals surface area contributed by atoms with Crippen LogP contribution in [-0.4, -0.2) is 51.8 Å². The van der Waals surface area contributed by atoms with Crippen molar-refractivity contribution < 1.29 is 44.0 Å². The minimum Gasteiger partial charge on any atom is -0.493 e. The lowest BCUT2D eigenvalue weighted by Gasteiger charge is -2.29. The number of aryl methyl sites for hydroxylation is 1. The summed E-state index contributed by atoms with van der Waals surface area (Å²) in [6.45, 7) is 1.45. The molecule has 0 bridgehead atoms. The summed E-state index contributed by atoms with van der Waals surface area (Å²) in [4.78, 5) is 12.7. The van der Waals surface area contributed by atoms with Crippen LogP contribution in [0.1, 0.15) is 56.3 Å². The second kappa shape index (κ2) is 15.4. The van der Waals surface area contributed by atoms with Crippen molar-refractivity contribution in [1.82, 2.24) is 10.5 Å². The van der Waals surface area contributed by atoms with Crippen molar-refractivity contribution in [1.29, 1.82) is 0 Å². The van der Waals surface area contributed by atoms with Gasteiger partial charge in [0, 0.05) is 34.9 Å². The van der Waals surface area contributed by atoms with E-state index in [4.69, 9.17) is 18.7 Å². The summed E-state index contributed by atoms with van der Waals surface area (Å²) in [5, 5.41) is 49.9. The van der Waals surface area contributed by atoms with Crippen LogP contribution in [0, 0.1) is 6.92 Å². The second-order valence-electron chi connectivity index (χ2n) is 11.9. The van der Waals surface area contributed by atoms with Gasteiger partial charge in [0.05, 0.1) is 52.3 Å². The van der Waals surface area contributed by atoms with Gasteiger partial charge in [-0.3, -0.25) is 4.79 Å². The smallest absolute Gasteiger partial charge is 0.255 e. The topological polar surface area (TPSA) is 176 Å². The molecule has 1 aliphatic rings. The third kappa shape index (κ3) is 7.28. The van der Waals surface area contributed by atoms with Crippen molar-refractivity contribution in [3.8, 4) is 39.8 Å². The molecule has 1 unspecified atom stereocenters. The minimum atomic E-state index is -0.448. The maximum absolute atomic E-state index is 12.7. The van der Waals surface area contributed by atoms with Crippen LogP contribution in [0.5, 0.6) is 17.2 Å². The molecule has 0 spiro atoms. The number of nitrogens with zero attached hydrogens (tertiary/aromatic N) is 1. The fraction of sp³-hybridized carbons (Fsp3) is 0.263. The van der Waals surface area contributed by atoms with Gasteiger partial charge in [0.1, 0.15) is 17.6 Å². The Bertz CT molecular complexity index is 1970. The van der Waals surface area contributed by atoms with E-state index in [9.17, 15) is 25.2 Å². The van der Waals surface area contributed by atoms with Crippen LogP contribution in [0.4, 0.5) is 5.69 Å². The number of anilines is 1. The molecule has 1 atom stereocenters. The molecule has 4 aromatic carbocycles. The van der Waals surface area contributed by atoms with Crippen LogP contribution in [0.2, 0.25) is 0 Å². The Hall–Kier alpha value is -5.40. The molecular weight excluding hydrogens is 642 g/mol. The number of carbonyl (C=O) groups is 1. The van der Waals surface area contributed by atoms with E-state index in [1.807, 2.05) is 43.3 Å². The Morgan fingerprint density at radius 1 is 0.740 bits per heavy atom. The highest BCUT2D eigenvalue weighted by molar-refractivity contribution is 6.01. The van der Waals surface area contributed by atoms with E-state index in [1.54, 1.807) is 43.5 Å². The summed E-state index contributed by atoms with van der Waals surface area (Å²) >= 11 is 0. The molecule has 1 aromatic heterocycles. The standard InChI is InChI=1S/C38H39N3O9/c1-22-4-7-31-29(12-22)38(46)40-37(39-31)24-6-8-33(28(13-24)20-44)48-10-3-11-49-36-16-23(5-9-34(36)47-2)35-17-32(41-50-35)25-14-26(18-42)30(21-45)27(15-25)19-43/h4-9,12-17,37,39,42-45H,3,10-11,18-21H2,1-2H3,(H,40,46). The summed E-state index contributed by atoms with van der Waals surface area (Å²) in [6, 6.07) is 21.7. The highest BCUT2D eigenvalue weighted by Crippen LogP contribution is 2.35. The van der Waals surface area contributed by atoms with E-state index in [0.717, 1.165) is 16.8 Å². The minimum absolute atomic E-state index is 0.161. The monoisotopic (exact) mass is 681 g/mol. The molecule has 2 heterocycles. The summed E-state index contributed by atoms with van der Waals surface area (Å²) in [7, 11) is 1.55. The van der Waals surface area contributed by atoms with E-state index >= 15 is 0 Å². The number of methoxy groups -OCH3 is 1. The molecule has 0 saturated carbocycles. The van der Waals surface area contributed by atoms with Crippen molar-refractivity contribution >= 4 is 11.6 Å². The number of amides is 1. The first kappa shape index (κ1) is 34.5. The van der Waals surface area contributed by atoms with Gasteiger partial charge in [0.2, 0.25) is 0 Å². The largest absolute Gasteiger partial charge is 0.493 e. The van der Waals surface area contributed by atoms with E-state index in [-0.39, 0.29) is 32.3 Å². The van der Waals surface area contributed by atoms with Gasteiger partial charge in [0.25, 0.3) is 5.91 Å². The number of aliphatic hydroxyl groups is 4. The predicted molar refractivity (Wildman–Crippen MR) is 185 cm³/mol. The Balaban J connectivity index is 1.08. The summed E-state index contributed by atoms with van der Waals surface area (Å²) < 4.78 is 23.2. The van der Waals surface area contributed by atoms with Gasteiger partial charge >= 0.3 is 0 Å². The number of aromatic nitrogens is 1. The molecule has 50 heavy (non-hydrogen) atoms. The Morgan fingerprint density at radius 2 is 1.46 bits per heavy atom. The average Bonchev–Trinajstić information content (AvgIpc) is 3.65. The molecule has 0 radical (unpaired) electrons. The fourth-order valence-electron chi connectivity index (χ4n) is 5.93. The zero-order valence-electron chi connectivity index (χ0n) is 27.7. The highest BCUT2D eigenvalue weighted by atomic mass is 16.5. The number of aliphatic hydroxyl groups excluding tert-OH is 4. The third-order valence-electron chi connectivity index (χ3n) is 8.57. The summed E-state index contributed by atoms with van der Waals surface area (Å²) in [6.07, 6.45) is 0.0871. The van der Waals surface area contributed by atoms with Crippen molar-refractivity contribution in [3.05, 3.63) is 112 Å². The van der Waals surface area contributed by atoms with Gasteiger partial charge in [-0.1, -0.05) is 22.9 Å². The molecule has 0 aliphatic carbocycles. The first-order valence-electron chi connectivity index (χ1n) is 16.2. The van der Waals surface area contributed by atoms with Gasteiger partial charge in [0.15, 0.2) is 17.3 Å². The van der Waals surface area contributed by atoms with Gasteiger partial charge < -0.3 is 49.8 Å². The van der Waals surface area contributed by atoms with Gasteiger partial charge in [-0.2, -0.15) is 0 Å². The van der Waals surface area contributed by atoms with E-state index in [0.29, 0.717) is 87.3 Å². The fourth-order valence-corrected chi connectivity index (χ4v) is 5.93. The number of nitrogens with one attached hydrogen (secondary N) is 2. The third-order valence-corrected chi connectivity index (χ3v) is 8.57. The van der Waals surface area contributed by atoms with Crippen LogP contribution in [0.3, 0.4) is 0 Å². The van der Waals surface area contributed by atoms with Crippen LogP contribution < -0.4 is 24.8 Å². The lowest BCUT2D eigenvalue weighted by atomic mass is 9.97. The molecule has 0 fully saturated rings. The first-order chi connectivity index (χ1) is 24.3. The van der Waals surface area contributed by atoms with E-state index < -0.39 is 6.17 Å². The molecule has 1 amide bonds. The zero-order valence-corrected chi connectivity index (χ0v) is 27.7. The number of rotatable bonds is 14. The molecular formula is C38H39N3O9. The molecule has 6 N–H and O–H groups in total. The Kier molecular flexibility index (Phi) is 10.6. The molecule has 5 aromatic rings. The van der Waals surface area contributed by atoms with Crippen LogP contribution >= 0.6 is 0 Å². The van der Waals surface area contributed by atoms with Crippen molar-refractivity contribution in [2.24, 2.45) is 0 Å². The summed E-state index contributed by atoms with van der Waals surface area (Å²) in [5.74, 6) is 1.89. The zero-order chi connectivity index (χ0) is 35.2. The number of ether oxygens (including phenoxy) is 3. The maximum Gasteiger partial charge on any atom is 0.255 e. The molecule has 12 heteroatoms. The molecule has 6 rings (SSSR count). The van der Waals surface area contributed by atoms with Crippen molar-refractivity contribution in [2.45, 2.75) is 45.9 Å². The summed E-state index contributed by atoms with van der Waals surface area (Å²) in [5.41, 5.74) is 7.06. The van der Waals surface area contributed by atoms with Crippen LogP contribution in [-0.2, 0) is 26.4 Å². The molecule has 0 saturated heterocycles. The molecule has 260 valence electrons. The lowest BCUT2D eigenvalue weighted by molar-refractivity contribution is 0.0935. The van der Waals surface area contributed by atoms with E-state index in [1.165, 1.54) is 0 Å². The normalized spacial score (nSPS) is 13.7. The number of hydrogen-bond donors (Lipinski definition) is 6. The Morgan fingerprint density at radius 3 is 2.16 bits per heavy atom.